The van der Waals surface area contributed by atoms with E-state index in [-0.39, 0.29) is 25.8 Å². The zero-order valence-electron chi connectivity index (χ0n) is 7.27. The van der Waals surface area contributed by atoms with Crippen LogP contribution in [0.4, 0.5) is 0 Å². The van der Waals surface area contributed by atoms with Crippen LogP contribution in [0.2, 0.25) is 0 Å². The van der Waals surface area contributed by atoms with Crippen molar-refractivity contribution in [3.05, 3.63) is 0 Å². The zero-order chi connectivity index (χ0) is 12.0. The second-order valence-electron chi connectivity index (χ2n) is 0. The zero-order valence-corrected chi connectivity index (χ0v) is 10.6. The van der Waals surface area contributed by atoms with Crippen molar-refractivity contribution in [2.24, 2.45) is 0 Å². The van der Waals surface area contributed by atoms with E-state index in [1.807, 2.05) is 40.7 Å². The fourth-order valence-corrected chi connectivity index (χ4v) is 0. The van der Waals surface area contributed by atoms with Crippen LogP contribution in [0.1, 0.15) is 0 Å². The van der Waals surface area contributed by atoms with Gasteiger partial charge in [-0.05, 0) is 0 Å². The van der Waals surface area contributed by atoms with Gasteiger partial charge in [0.15, 0.2) is 0 Å². The average molecular weight is 295 g/mol. The van der Waals surface area contributed by atoms with Gasteiger partial charge in [-0.2, -0.15) is 0 Å². The van der Waals surface area contributed by atoms with Gasteiger partial charge in [-0.3, -0.25) is 0 Å². The van der Waals surface area contributed by atoms with Gasteiger partial charge in [-0.25, -0.2) is 0 Å². The molecule has 75 valence electrons. The normalized spacial score (nSPS) is 1.85. The summed E-state index contributed by atoms with van der Waals surface area (Å²) in [6.07, 6.45) is 0. The summed E-state index contributed by atoms with van der Waals surface area (Å²) in [5.41, 5.74) is 0. The molecular formula is C6H12InO6. The third kappa shape index (κ3) is 699. The monoisotopic (exact) mass is 295 g/mol. The summed E-state index contributed by atoms with van der Waals surface area (Å²) in [6.45, 7) is 12.0. The Bertz CT molecular complexity index is 32.6. The van der Waals surface area contributed by atoms with Crippen molar-refractivity contribution < 1.29 is 28.8 Å². The van der Waals surface area contributed by atoms with Gasteiger partial charge in [0.25, 0.3) is 0 Å². The fraction of sp³-hybridized carbons (Fsp3) is 0. The first-order valence-electron chi connectivity index (χ1n) is 1.73. The Kier molecular flexibility index (Phi) is 3920. The van der Waals surface area contributed by atoms with Crippen molar-refractivity contribution in [3.8, 4) is 0 Å². The second kappa shape index (κ2) is 865. The predicted molar refractivity (Wildman–Crippen MR) is 48.5 cm³/mol. The van der Waals surface area contributed by atoms with Crippen LogP contribution in [0.5, 0.6) is 0 Å². The molecule has 0 fully saturated rings. The molecule has 0 bridgehead atoms. The number of carbonyl (C=O) groups excluding carboxylic acids is 6. The van der Waals surface area contributed by atoms with Crippen molar-refractivity contribution in [1.29, 1.82) is 0 Å². The Morgan fingerprint density at radius 3 is 0.308 bits per heavy atom. The molecule has 0 saturated heterocycles. The van der Waals surface area contributed by atoms with Crippen molar-refractivity contribution in [3.63, 3.8) is 0 Å². The van der Waals surface area contributed by atoms with Gasteiger partial charge in [-0.15, -0.1) is 0 Å². The van der Waals surface area contributed by atoms with E-state index >= 15 is 0 Å². The van der Waals surface area contributed by atoms with Crippen LogP contribution in [0.15, 0.2) is 0 Å². The van der Waals surface area contributed by atoms with Gasteiger partial charge >= 0.3 is 0 Å². The number of carbonyl (C=O) groups is 6. The summed E-state index contributed by atoms with van der Waals surface area (Å²) in [5.74, 6) is 0. The van der Waals surface area contributed by atoms with Gasteiger partial charge in [0, 0.05) is 25.8 Å². The first kappa shape index (κ1) is 59.0. The maximum absolute atomic E-state index is 8.00. The smallest absolute Gasteiger partial charge is 0.106 e. The van der Waals surface area contributed by atoms with Crippen LogP contribution in [0.25, 0.3) is 0 Å². The molecule has 0 aliphatic heterocycles. The molecule has 0 unspecified atom stereocenters. The van der Waals surface area contributed by atoms with E-state index in [0.29, 0.717) is 0 Å². The molecule has 0 amide bonds. The molecule has 0 spiro atoms. The summed E-state index contributed by atoms with van der Waals surface area (Å²) in [5, 5.41) is 0. The third-order valence-electron chi connectivity index (χ3n) is 0. The molecule has 0 saturated carbocycles. The van der Waals surface area contributed by atoms with E-state index in [4.69, 9.17) is 28.8 Å². The molecule has 0 rings (SSSR count). The van der Waals surface area contributed by atoms with Crippen molar-refractivity contribution in [2.45, 2.75) is 0 Å². The van der Waals surface area contributed by atoms with E-state index in [0.717, 1.165) is 0 Å². The predicted octanol–water partition coefficient (Wildman–Crippen LogP) is -1.49. The minimum absolute atomic E-state index is 0. The molecule has 0 aliphatic carbocycles. The quantitative estimate of drug-likeness (QED) is 0.539. The summed E-state index contributed by atoms with van der Waals surface area (Å²) >= 11 is 0. The van der Waals surface area contributed by atoms with Gasteiger partial charge in [0.05, 0.1) is 0 Å². The van der Waals surface area contributed by atoms with Crippen molar-refractivity contribution in [2.75, 3.05) is 0 Å². The Labute approximate surface area is 95.5 Å². The Hall–Kier alpha value is -1.11. The average Bonchev–Trinajstić information content (AvgIpc) is 2.33. The van der Waals surface area contributed by atoms with Crippen LogP contribution in [-0.4, -0.2) is 66.6 Å². The van der Waals surface area contributed by atoms with Gasteiger partial charge in [-0.1, -0.05) is 0 Å². The Balaban J connectivity index is -0.00000000655. The van der Waals surface area contributed by atoms with Crippen LogP contribution in [-0.2, 0) is 28.8 Å². The fourth-order valence-electron chi connectivity index (χ4n) is 0. The van der Waals surface area contributed by atoms with Crippen LogP contribution in [0.3, 0.4) is 0 Å². The Morgan fingerprint density at radius 1 is 0.308 bits per heavy atom. The molecule has 0 aromatic heterocycles. The number of rotatable bonds is 0. The summed E-state index contributed by atoms with van der Waals surface area (Å²) < 4.78 is 0. The maximum atomic E-state index is 8.00. The van der Waals surface area contributed by atoms with E-state index in [9.17, 15) is 0 Å². The maximum Gasteiger partial charge on any atom is 0.106 e. The second-order valence-corrected chi connectivity index (χ2v) is 0. The molecule has 13 heavy (non-hydrogen) atoms. The standard InChI is InChI=1S/6CH2O.In/c6*1-2;/h6*1H2;. The molecule has 0 N–H and O–H groups in total. The van der Waals surface area contributed by atoms with Crippen molar-refractivity contribution in [1.82, 2.24) is 0 Å². The van der Waals surface area contributed by atoms with E-state index in [1.165, 1.54) is 0 Å². The van der Waals surface area contributed by atoms with Gasteiger partial charge in [0.1, 0.15) is 40.7 Å². The van der Waals surface area contributed by atoms with E-state index < -0.39 is 0 Å². The molecule has 0 aromatic rings. The molecule has 0 atom stereocenters. The SMILES string of the molecule is C=O.C=O.C=O.C=O.C=O.C=O.[In]. The summed E-state index contributed by atoms with van der Waals surface area (Å²) in [7, 11) is 0. The summed E-state index contributed by atoms with van der Waals surface area (Å²) in [6, 6.07) is 0. The van der Waals surface area contributed by atoms with Crippen LogP contribution >= 0.6 is 0 Å². The Morgan fingerprint density at radius 2 is 0.308 bits per heavy atom. The van der Waals surface area contributed by atoms with E-state index in [2.05, 4.69) is 0 Å². The largest absolute Gasteiger partial charge is 0.307 e. The van der Waals surface area contributed by atoms with E-state index in [1.54, 1.807) is 0 Å². The number of hydrogen-bond acceptors (Lipinski definition) is 6. The molecule has 7 heteroatoms. The van der Waals surface area contributed by atoms with Gasteiger partial charge < -0.3 is 28.8 Å². The molecule has 0 aliphatic rings. The third-order valence-corrected chi connectivity index (χ3v) is 0. The molecule has 0 aromatic carbocycles. The molecular weight excluding hydrogens is 283 g/mol. The number of hydrogen-bond donors (Lipinski definition) is 0. The minimum Gasteiger partial charge on any atom is -0.307 e. The minimum atomic E-state index is 0. The first-order chi connectivity index (χ1) is 6.00. The van der Waals surface area contributed by atoms with Crippen LogP contribution < -0.4 is 0 Å². The molecule has 6 nitrogen and oxygen atoms in total. The topological polar surface area (TPSA) is 102 Å². The molecule has 3 radical (unpaired) electrons. The first-order valence-corrected chi connectivity index (χ1v) is 1.73. The molecule has 0 heterocycles. The van der Waals surface area contributed by atoms with Gasteiger partial charge in [0.2, 0.25) is 0 Å². The summed E-state index contributed by atoms with van der Waals surface area (Å²) in [4.78, 5) is 48.0. The van der Waals surface area contributed by atoms with Crippen molar-refractivity contribution >= 4 is 66.6 Å². The van der Waals surface area contributed by atoms with Crippen LogP contribution in [0, 0.1) is 0 Å².